The quantitative estimate of drug-likeness (QED) is 0.252. The molecule has 0 radical (unpaired) electrons. The maximum absolute atomic E-state index is 10.6. The number of ether oxygens (including phenoxy) is 2. The summed E-state index contributed by atoms with van der Waals surface area (Å²) in [6.45, 7) is 5.58. The molecule has 24 heavy (non-hydrogen) atoms. The number of nitrogens with zero attached hydrogens (tertiary/aromatic N) is 2. The van der Waals surface area contributed by atoms with E-state index < -0.39 is 4.92 Å². The molecular weight excluding hydrogens is 348 g/mol. The Morgan fingerprint density at radius 2 is 1.96 bits per heavy atom. The molecule has 0 aliphatic rings. The van der Waals surface area contributed by atoms with Crippen molar-refractivity contribution in [3.63, 3.8) is 0 Å². The highest BCUT2D eigenvalue weighted by atomic mass is 33.1. The topological polar surface area (TPSA) is 74.5 Å². The van der Waals surface area contributed by atoms with Crippen LogP contribution in [0.3, 0.4) is 0 Å². The summed E-state index contributed by atoms with van der Waals surface area (Å²) in [7, 11) is 0. The van der Waals surface area contributed by atoms with Crippen molar-refractivity contribution in [1.82, 2.24) is 4.98 Å². The van der Waals surface area contributed by atoms with Gasteiger partial charge in [0.1, 0.15) is 11.9 Å². The third-order valence-corrected chi connectivity index (χ3v) is 2.83. The van der Waals surface area contributed by atoms with Gasteiger partial charge in [0.15, 0.2) is 0 Å². The third-order valence-electron chi connectivity index (χ3n) is 2.83. The molecule has 0 amide bonds. The van der Waals surface area contributed by atoms with Crippen molar-refractivity contribution in [2.75, 3.05) is 0 Å². The summed E-state index contributed by atoms with van der Waals surface area (Å²) >= 11 is 6.44. The van der Waals surface area contributed by atoms with Gasteiger partial charge in [-0.1, -0.05) is 6.07 Å². The third kappa shape index (κ3) is 6.93. The number of hydrogen-bond acceptors (Lipinski definition) is 7. The number of nitro groups is 1. The lowest BCUT2D eigenvalue weighted by Crippen LogP contribution is -2.14. The molecular formula is C16H18N2O4S2. The second-order valence-electron chi connectivity index (χ2n) is 4.68. The number of hydrogen-bond donors (Lipinski definition) is 2. The number of aromatic nitrogens is 1. The van der Waals surface area contributed by atoms with Crippen LogP contribution in [-0.4, -0.2) is 16.0 Å². The van der Waals surface area contributed by atoms with E-state index in [1.807, 2.05) is 25.1 Å². The lowest BCUT2D eigenvalue weighted by atomic mass is 10.2. The minimum absolute atomic E-state index is 0.00222. The van der Waals surface area contributed by atoms with Crippen LogP contribution in [0.2, 0.25) is 0 Å². The van der Waals surface area contributed by atoms with E-state index >= 15 is 0 Å². The Kier molecular flexibility index (Phi) is 8.74. The lowest BCUT2D eigenvalue weighted by Gasteiger charge is -2.16. The highest BCUT2D eigenvalue weighted by Crippen LogP contribution is 2.19. The zero-order valence-electron chi connectivity index (χ0n) is 13.0. The van der Waals surface area contributed by atoms with E-state index in [2.05, 4.69) is 34.9 Å². The summed E-state index contributed by atoms with van der Waals surface area (Å²) in [5.41, 5.74) is 0.917. The molecule has 0 spiro atoms. The van der Waals surface area contributed by atoms with Gasteiger partial charge in [-0.05, 0) is 37.8 Å². The molecule has 8 heteroatoms. The molecule has 0 bridgehead atoms. The first kappa shape index (κ1) is 19.9. The molecule has 1 atom stereocenters. The van der Waals surface area contributed by atoms with Gasteiger partial charge >= 0.3 is 0 Å². The fourth-order valence-corrected chi connectivity index (χ4v) is 1.87. The van der Waals surface area contributed by atoms with E-state index in [0.717, 1.165) is 5.69 Å². The highest BCUT2D eigenvalue weighted by Gasteiger charge is 2.10. The van der Waals surface area contributed by atoms with Crippen LogP contribution in [-0.2, 0) is 11.2 Å². The minimum atomic E-state index is -0.468. The van der Waals surface area contributed by atoms with Crippen molar-refractivity contribution in [2.45, 2.75) is 19.4 Å². The number of non-ortho nitro benzene ring substituents is 1. The van der Waals surface area contributed by atoms with Crippen LogP contribution in [0.5, 0.6) is 5.75 Å². The fourth-order valence-electron chi connectivity index (χ4n) is 1.87. The van der Waals surface area contributed by atoms with Crippen LogP contribution < -0.4 is 4.74 Å². The first-order valence-electron chi connectivity index (χ1n) is 6.92. The maximum Gasteiger partial charge on any atom is 0.277 e. The molecule has 1 unspecified atom stereocenters. The molecule has 0 N–H and O–H groups in total. The molecule has 1 heterocycles. The van der Waals surface area contributed by atoms with Gasteiger partial charge in [0.05, 0.1) is 4.92 Å². The lowest BCUT2D eigenvalue weighted by molar-refractivity contribution is -0.384. The summed E-state index contributed by atoms with van der Waals surface area (Å²) in [6, 6.07) is 11.4. The van der Waals surface area contributed by atoms with Crippen LogP contribution in [0.4, 0.5) is 5.69 Å². The van der Waals surface area contributed by atoms with Crippen LogP contribution in [0.25, 0.3) is 0 Å². The number of nitro benzene ring substituents is 1. The molecule has 0 fully saturated rings. The molecule has 1 aromatic heterocycles. The Morgan fingerprint density at radius 1 is 1.29 bits per heavy atom. The Morgan fingerprint density at radius 3 is 2.50 bits per heavy atom. The number of benzene rings is 1. The summed E-state index contributed by atoms with van der Waals surface area (Å²) in [5.74, 6) is 0.568. The van der Waals surface area contributed by atoms with Crippen molar-refractivity contribution in [2.24, 2.45) is 0 Å². The molecule has 1 aromatic carbocycles. The van der Waals surface area contributed by atoms with Crippen LogP contribution >= 0.6 is 23.3 Å². The van der Waals surface area contributed by atoms with Crippen molar-refractivity contribution >= 4 is 29.0 Å². The van der Waals surface area contributed by atoms with E-state index in [4.69, 9.17) is 9.47 Å². The van der Waals surface area contributed by atoms with Crippen LogP contribution in [0.1, 0.15) is 12.6 Å². The average molecular weight is 366 g/mol. The van der Waals surface area contributed by atoms with Gasteiger partial charge in [-0.25, -0.2) is 0 Å². The summed E-state index contributed by atoms with van der Waals surface area (Å²) in [4.78, 5) is 14.3. The van der Waals surface area contributed by atoms with Gasteiger partial charge in [-0.15, -0.1) is 23.3 Å². The van der Waals surface area contributed by atoms with Gasteiger partial charge < -0.3 is 9.47 Å². The summed E-state index contributed by atoms with van der Waals surface area (Å²) < 4.78 is 10.9. The van der Waals surface area contributed by atoms with Gasteiger partial charge in [-0.2, -0.15) is 0 Å². The van der Waals surface area contributed by atoms with Crippen molar-refractivity contribution in [1.29, 1.82) is 0 Å². The van der Waals surface area contributed by atoms with E-state index in [1.165, 1.54) is 24.3 Å². The monoisotopic (exact) mass is 366 g/mol. The van der Waals surface area contributed by atoms with Crippen LogP contribution in [0, 0.1) is 10.1 Å². The molecule has 2 aromatic rings. The van der Waals surface area contributed by atoms with Gasteiger partial charge in [0.2, 0.25) is 0 Å². The molecule has 128 valence electrons. The van der Waals surface area contributed by atoms with E-state index in [0.29, 0.717) is 12.2 Å². The van der Waals surface area contributed by atoms with Crippen molar-refractivity contribution < 1.29 is 14.4 Å². The second kappa shape index (κ2) is 10.6. The Balaban J connectivity index is 0.00000139. The highest BCUT2D eigenvalue weighted by molar-refractivity contribution is 8.59. The molecule has 6 nitrogen and oxygen atoms in total. The Bertz CT molecular complexity index is 651. The molecule has 0 saturated heterocycles. The zero-order valence-corrected chi connectivity index (χ0v) is 14.8. The summed E-state index contributed by atoms with van der Waals surface area (Å²) in [6.07, 6.45) is 2.20. The van der Waals surface area contributed by atoms with Gasteiger partial charge in [0.25, 0.3) is 11.6 Å². The first-order chi connectivity index (χ1) is 11.5. The predicted octanol–water partition coefficient (Wildman–Crippen LogP) is 4.25. The SMILES string of the molecule is C=C(Oc1ccc([N+](=O)[O-])cc1)OC(C)Cc1ccccn1.SS. The van der Waals surface area contributed by atoms with E-state index in [1.54, 1.807) is 6.20 Å². The van der Waals surface area contributed by atoms with E-state index in [9.17, 15) is 10.1 Å². The number of thiol groups is 2. The smallest absolute Gasteiger partial charge is 0.277 e. The summed E-state index contributed by atoms with van der Waals surface area (Å²) in [5, 5.41) is 10.6. The Labute approximate surface area is 150 Å². The molecule has 2 rings (SSSR count). The molecule has 0 aliphatic carbocycles. The maximum atomic E-state index is 10.6. The average Bonchev–Trinajstić information content (AvgIpc) is 2.57. The molecule has 0 aliphatic heterocycles. The number of rotatable bonds is 7. The largest absolute Gasteiger partial charge is 0.462 e. The fraction of sp³-hybridized carbons (Fsp3) is 0.188. The van der Waals surface area contributed by atoms with Gasteiger partial charge in [-0.3, -0.25) is 15.1 Å². The van der Waals surface area contributed by atoms with Gasteiger partial charge in [0, 0.05) is 30.4 Å². The Hall–Kier alpha value is -2.19. The standard InChI is InChI=1S/C16H16N2O4.H2S2/c1-12(11-14-5-3-4-10-17-14)21-13(2)22-16-8-6-15(7-9-16)18(19)20;1-2/h3-10,12H,2,11H2,1H3;1-2H. The first-order valence-corrected chi connectivity index (χ1v) is 8.52. The van der Waals surface area contributed by atoms with E-state index in [-0.39, 0.29) is 17.7 Å². The molecule has 0 saturated carbocycles. The van der Waals surface area contributed by atoms with Crippen LogP contribution in [0.15, 0.2) is 61.2 Å². The predicted molar refractivity (Wildman–Crippen MR) is 99.3 cm³/mol. The van der Waals surface area contributed by atoms with Crippen molar-refractivity contribution in [3.8, 4) is 5.75 Å². The minimum Gasteiger partial charge on any atom is -0.462 e. The normalized spacial score (nSPS) is 10.8. The van der Waals surface area contributed by atoms with Crippen molar-refractivity contribution in [3.05, 3.63) is 77.0 Å². The zero-order chi connectivity index (χ0) is 17.9. The second-order valence-corrected chi connectivity index (χ2v) is 4.68. The number of pyridine rings is 1.